The van der Waals surface area contributed by atoms with Gasteiger partial charge in [0.15, 0.2) is 0 Å². The highest BCUT2D eigenvalue weighted by Crippen LogP contribution is 2.18. The fourth-order valence-electron chi connectivity index (χ4n) is 1.68. The number of H-pyrrole nitrogens is 1. The Hall–Kier alpha value is -1.35. The summed E-state index contributed by atoms with van der Waals surface area (Å²) in [5.74, 6) is 0.861. The molecule has 1 aromatic rings. The van der Waals surface area contributed by atoms with E-state index >= 15 is 0 Å². The Bertz CT molecular complexity index is 376. The molecule has 0 aromatic carbocycles. The van der Waals surface area contributed by atoms with Crippen molar-refractivity contribution in [2.75, 3.05) is 13.6 Å². The predicted octanol–water partition coefficient (Wildman–Crippen LogP) is 1.60. The van der Waals surface area contributed by atoms with Gasteiger partial charge in [-0.15, -0.1) is 0 Å². The summed E-state index contributed by atoms with van der Waals surface area (Å²) in [6.07, 6.45) is 2.75. The Morgan fingerprint density at radius 3 is 3.14 bits per heavy atom. The number of aromatic nitrogens is 2. The van der Waals surface area contributed by atoms with Crippen molar-refractivity contribution >= 4 is 5.57 Å². The molecule has 1 N–H and O–H groups in total. The van der Waals surface area contributed by atoms with E-state index in [1.54, 1.807) is 6.08 Å². The summed E-state index contributed by atoms with van der Waals surface area (Å²) in [7, 11) is 2.12. The molecule has 0 amide bonds. The zero-order valence-corrected chi connectivity index (χ0v) is 8.51. The molecule has 0 saturated carbocycles. The van der Waals surface area contributed by atoms with Gasteiger partial charge in [0.05, 0.1) is 11.4 Å². The quantitative estimate of drug-likeness (QED) is 0.716. The highest BCUT2D eigenvalue weighted by atomic mass is 15.1. The van der Waals surface area contributed by atoms with Crippen molar-refractivity contribution in [2.45, 2.75) is 13.0 Å². The van der Waals surface area contributed by atoms with Crippen LogP contribution < -0.4 is 0 Å². The summed E-state index contributed by atoms with van der Waals surface area (Å²) in [6.45, 7) is 9.60. The first-order valence-corrected chi connectivity index (χ1v) is 4.78. The van der Waals surface area contributed by atoms with Crippen molar-refractivity contribution in [3.8, 4) is 0 Å². The lowest BCUT2D eigenvalue weighted by molar-refractivity contribution is 0.307. The number of allylic oxidation sites excluding steroid dienone is 2. The maximum atomic E-state index is 4.50. The third kappa shape index (κ3) is 1.51. The molecule has 0 fully saturated rings. The minimum absolute atomic E-state index is 0.861. The van der Waals surface area contributed by atoms with Crippen LogP contribution >= 0.6 is 0 Å². The molecular weight excluding hydrogens is 174 g/mol. The largest absolute Gasteiger partial charge is 0.341 e. The first-order valence-electron chi connectivity index (χ1n) is 4.78. The lowest BCUT2D eigenvalue weighted by Crippen LogP contribution is -2.26. The number of hydrogen-bond acceptors (Lipinski definition) is 2. The van der Waals surface area contributed by atoms with Crippen LogP contribution in [0.4, 0.5) is 0 Å². The zero-order chi connectivity index (χ0) is 10.1. The van der Waals surface area contributed by atoms with Gasteiger partial charge in [0.1, 0.15) is 5.82 Å². The highest BCUT2D eigenvalue weighted by molar-refractivity contribution is 5.66. The lowest BCUT2D eigenvalue weighted by Gasteiger charge is -2.20. The summed E-state index contributed by atoms with van der Waals surface area (Å²) in [5.41, 5.74) is 3.26. The first kappa shape index (κ1) is 9.21. The number of imidazole rings is 1. The maximum Gasteiger partial charge on any atom is 0.137 e. The van der Waals surface area contributed by atoms with Crippen LogP contribution in [0.25, 0.3) is 5.57 Å². The fourth-order valence-corrected chi connectivity index (χ4v) is 1.68. The average molecular weight is 189 g/mol. The van der Waals surface area contributed by atoms with Gasteiger partial charge in [-0.3, -0.25) is 0 Å². The number of likely N-dealkylation sites (N-methyl/N-ethyl adjacent to an activating group) is 1. The van der Waals surface area contributed by atoms with Gasteiger partial charge in [-0.2, -0.15) is 0 Å². The lowest BCUT2D eigenvalue weighted by atomic mass is 10.2. The van der Waals surface area contributed by atoms with E-state index in [1.165, 1.54) is 11.4 Å². The third-order valence-corrected chi connectivity index (χ3v) is 2.57. The van der Waals surface area contributed by atoms with Crippen LogP contribution in [-0.2, 0) is 13.0 Å². The number of hydrogen-bond donors (Lipinski definition) is 1. The van der Waals surface area contributed by atoms with Crippen molar-refractivity contribution < 1.29 is 0 Å². The summed E-state index contributed by atoms with van der Waals surface area (Å²) >= 11 is 0. The molecule has 14 heavy (non-hydrogen) atoms. The number of aromatic amines is 1. The van der Waals surface area contributed by atoms with Gasteiger partial charge < -0.3 is 9.88 Å². The second kappa shape index (κ2) is 3.42. The second-order valence-corrected chi connectivity index (χ2v) is 3.73. The van der Waals surface area contributed by atoms with Crippen LogP contribution in [0.5, 0.6) is 0 Å². The molecule has 3 heteroatoms. The van der Waals surface area contributed by atoms with E-state index in [2.05, 4.69) is 35.1 Å². The predicted molar refractivity (Wildman–Crippen MR) is 57.9 cm³/mol. The van der Waals surface area contributed by atoms with Crippen LogP contribution in [0.2, 0.25) is 0 Å². The van der Waals surface area contributed by atoms with Gasteiger partial charge >= 0.3 is 0 Å². The molecule has 2 rings (SSSR count). The van der Waals surface area contributed by atoms with Gasteiger partial charge in [-0.25, -0.2) is 4.98 Å². The van der Waals surface area contributed by atoms with E-state index in [0.29, 0.717) is 0 Å². The Labute approximate surface area is 84.2 Å². The van der Waals surface area contributed by atoms with Crippen molar-refractivity contribution in [2.24, 2.45) is 0 Å². The molecule has 0 unspecified atom stereocenters. The van der Waals surface area contributed by atoms with Crippen molar-refractivity contribution in [3.63, 3.8) is 0 Å². The standard InChI is InChI=1S/C11H15N3/c1-4-8(2)11-12-9-5-6-14(3)7-10(9)13-11/h4H,1-2,5-7H2,3H3,(H,12,13). The van der Waals surface area contributed by atoms with Crippen molar-refractivity contribution in [1.82, 2.24) is 14.9 Å². The Kier molecular flexibility index (Phi) is 2.25. The van der Waals surface area contributed by atoms with Gasteiger partial charge in [0.2, 0.25) is 0 Å². The second-order valence-electron chi connectivity index (χ2n) is 3.73. The topological polar surface area (TPSA) is 31.9 Å². The number of rotatable bonds is 2. The normalized spacial score (nSPS) is 16.4. The summed E-state index contributed by atoms with van der Waals surface area (Å²) < 4.78 is 0. The molecule has 1 aliphatic heterocycles. The van der Waals surface area contributed by atoms with E-state index in [4.69, 9.17) is 0 Å². The van der Waals surface area contributed by atoms with E-state index in [1.807, 2.05) is 0 Å². The SMILES string of the molecule is C=CC(=C)c1nc2c([nH]1)CN(C)CC2. The molecule has 0 spiro atoms. The van der Waals surface area contributed by atoms with Gasteiger partial charge in [0.25, 0.3) is 0 Å². The molecule has 1 aliphatic rings. The highest BCUT2D eigenvalue weighted by Gasteiger charge is 2.17. The Morgan fingerprint density at radius 1 is 1.64 bits per heavy atom. The molecule has 2 heterocycles. The smallest absolute Gasteiger partial charge is 0.137 e. The van der Waals surface area contributed by atoms with Crippen LogP contribution in [-0.4, -0.2) is 28.5 Å². The molecule has 3 nitrogen and oxygen atoms in total. The fraction of sp³-hybridized carbons (Fsp3) is 0.364. The zero-order valence-electron chi connectivity index (χ0n) is 8.51. The summed E-state index contributed by atoms with van der Waals surface area (Å²) in [4.78, 5) is 10.1. The molecular formula is C11H15N3. The number of fused-ring (bicyclic) bond motifs is 1. The number of nitrogens with one attached hydrogen (secondary N) is 1. The van der Waals surface area contributed by atoms with E-state index < -0.39 is 0 Å². The maximum absolute atomic E-state index is 4.50. The minimum atomic E-state index is 0.861. The molecule has 0 aliphatic carbocycles. The van der Waals surface area contributed by atoms with Crippen LogP contribution in [0, 0.1) is 0 Å². The molecule has 0 radical (unpaired) electrons. The Morgan fingerprint density at radius 2 is 2.43 bits per heavy atom. The van der Waals surface area contributed by atoms with Crippen LogP contribution in [0.3, 0.4) is 0 Å². The summed E-state index contributed by atoms with van der Waals surface area (Å²) in [5, 5.41) is 0. The number of nitrogens with zero attached hydrogens (tertiary/aromatic N) is 2. The molecule has 74 valence electrons. The monoisotopic (exact) mass is 189 g/mol. The van der Waals surface area contributed by atoms with Gasteiger partial charge in [0, 0.05) is 25.1 Å². The van der Waals surface area contributed by atoms with Gasteiger partial charge in [-0.1, -0.05) is 19.2 Å². The average Bonchev–Trinajstić information content (AvgIpc) is 2.59. The van der Waals surface area contributed by atoms with Crippen molar-refractivity contribution in [3.05, 3.63) is 36.4 Å². The molecule has 0 saturated heterocycles. The van der Waals surface area contributed by atoms with Gasteiger partial charge in [-0.05, 0) is 7.05 Å². The minimum Gasteiger partial charge on any atom is -0.341 e. The molecule has 1 aromatic heterocycles. The van der Waals surface area contributed by atoms with Crippen LogP contribution in [0.1, 0.15) is 17.2 Å². The van der Waals surface area contributed by atoms with E-state index in [-0.39, 0.29) is 0 Å². The van der Waals surface area contributed by atoms with Crippen molar-refractivity contribution in [1.29, 1.82) is 0 Å². The Balaban J connectivity index is 2.32. The third-order valence-electron chi connectivity index (χ3n) is 2.57. The molecule has 0 bridgehead atoms. The summed E-state index contributed by atoms with van der Waals surface area (Å²) in [6, 6.07) is 0. The first-order chi connectivity index (χ1) is 6.70. The molecule has 0 atom stereocenters. The van der Waals surface area contributed by atoms with E-state index in [9.17, 15) is 0 Å². The van der Waals surface area contributed by atoms with E-state index in [0.717, 1.165) is 30.9 Å². The van der Waals surface area contributed by atoms with Crippen LogP contribution in [0.15, 0.2) is 19.2 Å².